The molecule has 0 saturated heterocycles. The quantitative estimate of drug-likeness (QED) is 0.657. The van der Waals surface area contributed by atoms with Crippen LogP contribution >= 0.6 is 11.6 Å². The molecule has 2 N–H and O–H groups in total. The van der Waals surface area contributed by atoms with Crippen LogP contribution in [0.5, 0.6) is 0 Å². The summed E-state index contributed by atoms with van der Waals surface area (Å²) in [4.78, 5) is 10.9. The highest BCUT2D eigenvalue weighted by molar-refractivity contribution is 6.33. The zero-order valence-electron chi connectivity index (χ0n) is 9.13. The molecule has 1 aromatic heterocycles. The SMILES string of the molecule is O=C(O)c1cc(N/N=C\c2ccco2)ccc1Cl. The molecule has 0 spiro atoms. The Morgan fingerprint density at radius 2 is 2.28 bits per heavy atom. The number of carboxylic acids is 1. The number of carbonyl (C=O) groups is 1. The predicted octanol–water partition coefficient (Wildman–Crippen LogP) is 3.08. The van der Waals surface area contributed by atoms with Gasteiger partial charge in [-0.2, -0.15) is 5.10 Å². The van der Waals surface area contributed by atoms with E-state index in [-0.39, 0.29) is 10.6 Å². The second-order valence-corrected chi connectivity index (χ2v) is 3.79. The van der Waals surface area contributed by atoms with Crippen molar-refractivity contribution >= 4 is 29.5 Å². The number of carboxylic acid groups (broad SMARTS) is 1. The van der Waals surface area contributed by atoms with Gasteiger partial charge in [-0.15, -0.1) is 0 Å². The third kappa shape index (κ3) is 2.89. The van der Waals surface area contributed by atoms with Gasteiger partial charge in [0.15, 0.2) is 0 Å². The number of aromatic carboxylic acids is 1. The number of anilines is 1. The molecule has 0 unspecified atom stereocenters. The van der Waals surface area contributed by atoms with E-state index in [0.717, 1.165) is 0 Å². The topological polar surface area (TPSA) is 74.8 Å². The number of furan rings is 1. The fourth-order valence-corrected chi connectivity index (χ4v) is 1.49. The molecule has 2 rings (SSSR count). The molecule has 1 heterocycles. The monoisotopic (exact) mass is 264 g/mol. The van der Waals surface area contributed by atoms with E-state index in [1.165, 1.54) is 24.6 Å². The van der Waals surface area contributed by atoms with E-state index < -0.39 is 5.97 Å². The number of benzene rings is 1. The summed E-state index contributed by atoms with van der Waals surface area (Å²) in [6.45, 7) is 0. The van der Waals surface area contributed by atoms with Crippen molar-refractivity contribution in [2.24, 2.45) is 5.10 Å². The summed E-state index contributed by atoms with van der Waals surface area (Å²) in [5.41, 5.74) is 3.24. The highest BCUT2D eigenvalue weighted by Crippen LogP contribution is 2.20. The van der Waals surface area contributed by atoms with Crippen molar-refractivity contribution in [2.75, 3.05) is 5.43 Å². The molecule has 0 atom stereocenters. The van der Waals surface area contributed by atoms with Crippen LogP contribution in [0.1, 0.15) is 16.1 Å². The number of nitrogens with one attached hydrogen (secondary N) is 1. The van der Waals surface area contributed by atoms with Crippen molar-refractivity contribution < 1.29 is 14.3 Å². The number of hydrogen-bond acceptors (Lipinski definition) is 4. The van der Waals surface area contributed by atoms with Gasteiger partial charge >= 0.3 is 5.97 Å². The number of hydrogen-bond donors (Lipinski definition) is 2. The fourth-order valence-electron chi connectivity index (χ4n) is 1.29. The van der Waals surface area contributed by atoms with Gasteiger partial charge in [0.25, 0.3) is 0 Å². The summed E-state index contributed by atoms with van der Waals surface area (Å²) >= 11 is 5.74. The summed E-state index contributed by atoms with van der Waals surface area (Å²) in [6.07, 6.45) is 3.02. The number of rotatable bonds is 4. The Morgan fingerprint density at radius 1 is 1.44 bits per heavy atom. The van der Waals surface area contributed by atoms with Gasteiger partial charge in [0.2, 0.25) is 0 Å². The Bertz CT molecular complexity index is 579. The van der Waals surface area contributed by atoms with E-state index >= 15 is 0 Å². The van der Waals surface area contributed by atoms with Gasteiger partial charge in [0.1, 0.15) is 5.76 Å². The number of hydrazone groups is 1. The average molecular weight is 265 g/mol. The van der Waals surface area contributed by atoms with Crippen molar-refractivity contribution in [1.82, 2.24) is 0 Å². The van der Waals surface area contributed by atoms with Crippen LogP contribution in [0.3, 0.4) is 0 Å². The standard InChI is InChI=1S/C12H9ClN2O3/c13-11-4-3-8(6-10(11)12(16)17)15-14-7-9-2-1-5-18-9/h1-7,15H,(H,16,17)/b14-7-. The van der Waals surface area contributed by atoms with Crippen LogP contribution < -0.4 is 5.43 Å². The average Bonchev–Trinajstić information content (AvgIpc) is 2.84. The molecular formula is C12H9ClN2O3. The van der Waals surface area contributed by atoms with E-state index in [1.54, 1.807) is 18.2 Å². The van der Waals surface area contributed by atoms with E-state index in [0.29, 0.717) is 11.4 Å². The maximum absolute atomic E-state index is 10.9. The number of nitrogens with zero attached hydrogens (tertiary/aromatic N) is 1. The Hall–Kier alpha value is -2.27. The van der Waals surface area contributed by atoms with E-state index in [9.17, 15) is 4.79 Å². The van der Waals surface area contributed by atoms with Gasteiger partial charge in [0.05, 0.1) is 28.8 Å². The van der Waals surface area contributed by atoms with Gasteiger partial charge < -0.3 is 9.52 Å². The number of halogens is 1. The Labute approximate surface area is 108 Å². The molecule has 0 aliphatic carbocycles. The lowest BCUT2D eigenvalue weighted by Crippen LogP contribution is -1.99. The minimum absolute atomic E-state index is 0.0230. The molecule has 0 aliphatic rings. The van der Waals surface area contributed by atoms with Crippen LogP contribution in [0, 0.1) is 0 Å². The largest absolute Gasteiger partial charge is 0.478 e. The van der Waals surface area contributed by atoms with Gasteiger partial charge in [-0.05, 0) is 30.3 Å². The smallest absolute Gasteiger partial charge is 0.337 e. The molecule has 0 bridgehead atoms. The lowest BCUT2D eigenvalue weighted by molar-refractivity contribution is 0.0697. The summed E-state index contributed by atoms with van der Waals surface area (Å²) < 4.78 is 5.05. The molecule has 0 radical (unpaired) electrons. The highest BCUT2D eigenvalue weighted by atomic mass is 35.5. The zero-order valence-corrected chi connectivity index (χ0v) is 9.89. The van der Waals surface area contributed by atoms with Gasteiger partial charge in [0, 0.05) is 0 Å². The first kappa shape index (κ1) is 12.2. The molecule has 5 nitrogen and oxygen atoms in total. The summed E-state index contributed by atoms with van der Waals surface area (Å²) in [5, 5.41) is 13.0. The van der Waals surface area contributed by atoms with Crippen molar-refractivity contribution in [1.29, 1.82) is 0 Å². The first-order valence-electron chi connectivity index (χ1n) is 5.02. The fraction of sp³-hybridized carbons (Fsp3) is 0. The second-order valence-electron chi connectivity index (χ2n) is 3.39. The second kappa shape index (κ2) is 5.37. The summed E-state index contributed by atoms with van der Waals surface area (Å²) in [5.74, 6) is -0.492. The van der Waals surface area contributed by atoms with Gasteiger partial charge in [-0.1, -0.05) is 11.6 Å². The maximum Gasteiger partial charge on any atom is 0.337 e. The minimum atomic E-state index is -1.08. The third-order valence-corrected chi connectivity index (χ3v) is 2.45. The van der Waals surface area contributed by atoms with Crippen LogP contribution in [0.2, 0.25) is 5.02 Å². The lowest BCUT2D eigenvalue weighted by Gasteiger charge is -2.03. The van der Waals surface area contributed by atoms with Crippen molar-refractivity contribution in [2.45, 2.75) is 0 Å². The predicted molar refractivity (Wildman–Crippen MR) is 68.3 cm³/mol. The van der Waals surface area contributed by atoms with E-state index in [4.69, 9.17) is 21.1 Å². The van der Waals surface area contributed by atoms with Crippen LogP contribution in [0.4, 0.5) is 5.69 Å². The van der Waals surface area contributed by atoms with E-state index in [2.05, 4.69) is 10.5 Å². The Morgan fingerprint density at radius 3 is 2.94 bits per heavy atom. The lowest BCUT2D eigenvalue weighted by atomic mass is 10.2. The Kier molecular flexibility index (Phi) is 3.64. The molecule has 6 heteroatoms. The molecule has 0 aliphatic heterocycles. The molecule has 18 heavy (non-hydrogen) atoms. The van der Waals surface area contributed by atoms with Crippen molar-refractivity contribution in [3.8, 4) is 0 Å². The van der Waals surface area contributed by atoms with E-state index in [1.807, 2.05) is 0 Å². The molecule has 0 fully saturated rings. The first-order valence-corrected chi connectivity index (χ1v) is 5.40. The van der Waals surface area contributed by atoms with Crippen LogP contribution in [-0.4, -0.2) is 17.3 Å². The summed E-state index contributed by atoms with van der Waals surface area (Å²) in [6, 6.07) is 8.02. The molecule has 92 valence electrons. The molecule has 2 aromatic rings. The minimum Gasteiger partial charge on any atom is -0.478 e. The van der Waals surface area contributed by atoms with Crippen LogP contribution in [0.15, 0.2) is 46.1 Å². The van der Waals surface area contributed by atoms with Gasteiger partial charge in [-0.25, -0.2) is 4.79 Å². The van der Waals surface area contributed by atoms with Crippen molar-refractivity contribution in [3.63, 3.8) is 0 Å². The molecule has 1 aromatic carbocycles. The van der Waals surface area contributed by atoms with Gasteiger partial charge in [-0.3, -0.25) is 5.43 Å². The zero-order chi connectivity index (χ0) is 13.0. The molecular weight excluding hydrogens is 256 g/mol. The van der Waals surface area contributed by atoms with Crippen LogP contribution in [-0.2, 0) is 0 Å². The normalized spacial score (nSPS) is 10.7. The molecule has 0 amide bonds. The summed E-state index contributed by atoms with van der Waals surface area (Å²) in [7, 11) is 0. The first-order chi connectivity index (χ1) is 8.66. The third-order valence-electron chi connectivity index (χ3n) is 2.13. The van der Waals surface area contributed by atoms with Crippen molar-refractivity contribution in [3.05, 3.63) is 52.9 Å². The Balaban J connectivity index is 2.10. The molecule has 0 saturated carbocycles. The highest BCUT2D eigenvalue weighted by Gasteiger charge is 2.08. The van der Waals surface area contributed by atoms with Crippen LogP contribution in [0.25, 0.3) is 0 Å². The maximum atomic E-state index is 10.9.